The van der Waals surface area contributed by atoms with Crippen LogP contribution in [0.25, 0.3) is 0 Å². The molecular formula is C20H21Cl2N3O2. The molecule has 0 aliphatic carbocycles. The zero-order valence-corrected chi connectivity index (χ0v) is 16.2. The third-order valence-corrected chi connectivity index (χ3v) is 5.23. The average Bonchev–Trinajstić information content (AvgIpc) is 2.62. The van der Waals surface area contributed by atoms with Gasteiger partial charge in [-0.1, -0.05) is 53.5 Å². The Morgan fingerprint density at radius 1 is 1.04 bits per heavy atom. The second-order valence-corrected chi connectivity index (χ2v) is 7.55. The molecule has 2 amide bonds. The molecule has 1 saturated heterocycles. The van der Waals surface area contributed by atoms with Gasteiger partial charge in [-0.05, 0) is 49.7 Å². The van der Waals surface area contributed by atoms with E-state index in [0.29, 0.717) is 41.7 Å². The first kappa shape index (κ1) is 19.7. The molecule has 7 heteroatoms. The number of carbonyl (C=O) groups is 2. The lowest BCUT2D eigenvalue weighted by atomic mass is 9.93. The van der Waals surface area contributed by atoms with Gasteiger partial charge in [0.1, 0.15) is 6.04 Å². The van der Waals surface area contributed by atoms with Gasteiger partial charge in [-0.3, -0.25) is 14.5 Å². The summed E-state index contributed by atoms with van der Waals surface area (Å²) in [6.45, 7) is 1.24. The van der Waals surface area contributed by atoms with Crippen molar-refractivity contribution in [1.29, 1.82) is 0 Å². The highest BCUT2D eigenvalue weighted by atomic mass is 35.5. The van der Waals surface area contributed by atoms with Gasteiger partial charge in [-0.25, -0.2) is 0 Å². The first-order valence-corrected chi connectivity index (χ1v) is 9.55. The molecule has 5 nitrogen and oxygen atoms in total. The number of halogens is 2. The molecule has 1 aliphatic heterocycles. The maximum atomic E-state index is 13.1. The Bertz CT molecular complexity index is 801. The van der Waals surface area contributed by atoms with E-state index in [2.05, 4.69) is 10.2 Å². The predicted octanol–water partition coefficient (Wildman–Crippen LogP) is 3.87. The van der Waals surface area contributed by atoms with Gasteiger partial charge in [0.2, 0.25) is 11.8 Å². The number of nitrogens with one attached hydrogen (secondary N) is 1. The summed E-state index contributed by atoms with van der Waals surface area (Å²) in [7, 11) is 0. The maximum Gasteiger partial charge on any atom is 0.246 e. The van der Waals surface area contributed by atoms with Gasteiger partial charge in [-0.15, -0.1) is 0 Å². The van der Waals surface area contributed by atoms with E-state index in [1.165, 1.54) is 0 Å². The number of primary amides is 1. The Hall–Kier alpha value is -2.08. The molecule has 2 aromatic rings. The number of nitrogens with zero attached hydrogens (tertiary/aromatic N) is 1. The minimum absolute atomic E-state index is 0.132. The fourth-order valence-corrected chi connectivity index (χ4v) is 3.97. The number of amides is 2. The van der Waals surface area contributed by atoms with Crippen LogP contribution in [0, 0.1) is 5.92 Å². The number of hydrogen-bond acceptors (Lipinski definition) is 3. The number of carbonyl (C=O) groups excluding carboxylic acids is 2. The fraction of sp³-hybridized carbons (Fsp3) is 0.300. The van der Waals surface area contributed by atoms with Gasteiger partial charge in [0.05, 0.1) is 0 Å². The zero-order valence-electron chi connectivity index (χ0n) is 14.7. The molecule has 0 bridgehead atoms. The maximum absolute atomic E-state index is 13.1. The van der Waals surface area contributed by atoms with Crippen molar-refractivity contribution in [1.82, 2.24) is 4.90 Å². The largest absolute Gasteiger partial charge is 0.369 e. The van der Waals surface area contributed by atoms with E-state index in [4.69, 9.17) is 28.9 Å². The topological polar surface area (TPSA) is 75.4 Å². The van der Waals surface area contributed by atoms with Crippen LogP contribution in [0.1, 0.15) is 24.4 Å². The number of benzene rings is 2. The molecule has 0 saturated carbocycles. The molecule has 1 fully saturated rings. The van der Waals surface area contributed by atoms with Crippen molar-refractivity contribution >= 4 is 40.7 Å². The van der Waals surface area contributed by atoms with Crippen molar-refractivity contribution in [2.45, 2.75) is 18.9 Å². The molecule has 1 atom stereocenters. The second kappa shape index (κ2) is 8.74. The fourth-order valence-electron chi connectivity index (χ4n) is 3.44. The monoisotopic (exact) mass is 405 g/mol. The van der Waals surface area contributed by atoms with Gasteiger partial charge in [0, 0.05) is 21.7 Å². The Morgan fingerprint density at radius 2 is 1.63 bits per heavy atom. The van der Waals surface area contributed by atoms with Crippen molar-refractivity contribution in [2.75, 3.05) is 18.4 Å². The highest BCUT2D eigenvalue weighted by molar-refractivity contribution is 6.35. The van der Waals surface area contributed by atoms with Gasteiger partial charge < -0.3 is 11.1 Å². The van der Waals surface area contributed by atoms with Gasteiger partial charge in [-0.2, -0.15) is 0 Å². The second-order valence-electron chi connectivity index (χ2n) is 6.67. The Morgan fingerprint density at radius 3 is 2.19 bits per heavy atom. The summed E-state index contributed by atoms with van der Waals surface area (Å²) in [6.07, 6.45) is 1.30. The Balaban J connectivity index is 1.82. The molecule has 3 N–H and O–H groups in total. The molecule has 2 aromatic carbocycles. The lowest BCUT2D eigenvalue weighted by Crippen LogP contribution is -2.44. The molecule has 1 aliphatic rings. The van der Waals surface area contributed by atoms with E-state index < -0.39 is 6.04 Å². The highest BCUT2D eigenvalue weighted by Crippen LogP contribution is 2.29. The number of rotatable bonds is 5. The SMILES string of the molecule is NC(=O)C1CCN([C@@H](C(=O)Nc2cc(Cl)cc(Cl)c2)c2ccccc2)CC1. The predicted molar refractivity (Wildman–Crippen MR) is 108 cm³/mol. The minimum Gasteiger partial charge on any atom is -0.369 e. The third-order valence-electron chi connectivity index (χ3n) is 4.79. The summed E-state index contributed by atoms with van der Waals surface area (Å²) in [4.78, 5) is 26.6. The summed E-state index contributed by atoms with van der Waals surface area (Å²) >= 11 is 12.1. The van der Waals surface area contributed by atoms with Gasteiger partial charge >= 0.3 is 0 Å². The molecule has 3 rings (SSSR count). The zero-order chi connectivity index (χ0) is 19.4. The van der Waals surface area contributed by atoms with E-state index in [1.807, 2.05) is 30.3 Å². The van der Waals surface area contributed by atoms with Crippen molar-refractivity contribution in [2.24, 2.45) is 11.7 Å². The normalized spacial score (nSPS) is 16.7. The van der Waals surface area contributed by atoms with Crippen LogP contribution >= 0.6 is 23.2 Å². The molecular weight excluding hydrogens is 385 g/mol. The van der Waals surface area contributed by atoms with Crippen LogP contribution in [0.2, 0.25) is 10.0 Å². The van der Waals surface area contributed by atoms with Crippen LogP contribution in [0.3, 0.4) is 0 Å². The van der Waals surface area contributed by atoms with Crippen molar-refractivity contribution in [3.05, 3.63) is 64.1 Å². The summed E-state index contributed by atoms with van der Waals surface area (Å²) in [5, 5.41) is 3.82. The first-order chi connectivity index (χ1) is 12.9. The number of hydrogen-bond donors (Lipinski definition) is 2. The number of nitrogens with two attached hydrogens (primary N) is 1. The molecule has 0 radical (unpaired) electrons. The molecule has 27 heavy (non-hydrogen) atoms. The lowest BCUT2D eigenvalue weighted by molar-refractivity contribution is -0.125. The number of anilines is 1. The average molecular weight is 406 g/mol. The third kappa shape index (κ3) is 5.01. The van der Waals surface area contributed by atoms with E-state index >= 15 is 0 Å². The van der Waals surface area contributed by atoms with Crippen LogP contribution in [0.5, 0.6) is 0 Å². The van der Waals surface area contributed by atoms with E-state index in [0.717, 1.165) is 5.56 Å². The molecule has 0 spiro atoms. The summed E-state index contributed by atoms with van der Waals surface area (Å²) < 4.78 is 0. The Kier molecular flexibility index (Phi) is 6.37. The summed E-state index contributed by atoms with van der Waals surface area (Å²) in [6, 6.07) is 14.0. The van der Waals surface area contributed by atoms with Crippen LogP contribution in [-0.2, 0) is 9.59 Å². The smallest absolute Gasteiger partial charge is 0.246 e. The minimum atomic E-state index is -0.474. The molecule has 0 aromatic heterocycles. The lowest BCUT2D eigenvalue weighted by Gasteiger charge is -2.36. The number of likely N-dealkylation sites (tertiary alicyclic amines) is 1. The molecule has 142 valence electrons. The van der Waals surface area contributed by atoms with Crippen molar-refractivity contribution in [3.8, 4) is 0 Å². The van der Waals surface area contributed by atoms with Crippen LogP contribution < -0.4 is 11.1 Å². The summed E-state index contributed by atoms with van der Waals surface area (Å²) in [5.74, 6) is -0.575. The standard InChI is InChI=1S/C20H21Cl2N3O2/c21-15-10-16(22)12-17(11-15)24-20(27)18(13-4-2-1-3-5-13)25-8-6-14(7-9-25)19(23)26/h1-5,10-12,14,18H,6-9H2,(H2,23,26)(H,24,27)/t18-/m1/s1. The van der Waals surface area contributed by atoms with Crippen LogP contribution in [0.4, 0.5) is 5.69 Å². The van der Waals surface area contributed by atoms with Gasteiger partial charge in [0.15, 0.2) is 0 Å². The summed E-state index contributed by atoms with van der Waals surface area (Å²) in [5.41, 5.74) is 6.86. The highest BCUT2D eigenvalue weighted by Gasteiger charge is 2.32. The van der Waals surface area contributed by atoms with E-state index in [-0.39, 0.29) is 17.7 Å². The van der Waals surface area contributed by atoms with Crippen molar-refractivity contribution in [3.63, 3.8) is 0 Å². The Labute approximate surface area is 168 Å². The van der Waals surface area contributed by atoms with Crippen LogP contribution in [0.15, 0.2) is 48.5 Å². The molecule has 0 unspecified atom stereocenters. The van der Waals surface area contributed by atoms with E-state index in [1.54, 1.807) is 18.2 Å². The first-order valence-electron chi connectivity index (χ1n) is 8.79. The van der Waals surface area contributed by atoms with E-state index in [9.17, 15) is 9.59 Å². The molecule has 1 heterocycles. The van der Waals surface area contributed by atoms with Crippen molar-refractivity contribution < 1.29 is 9.59 Å². The number of piperidine rings is 1. The van der Waals surface area contributed by atoms with Gasteiger partial charge in [0.25, 0.3) is 0 Å². The van der Waals surface area contributed by atoms with Crippen LogP contribution in [-0.4, -0.2) is 29.8 Å². The quantitative estimate of drug-likeness (QED) is 0.792.